The fourth-order valence-corrected chi connectivity index (χ4v) is 2.85. The molecule has 24 heavy (non-hydrogen) atoms. The number of rotatable bonds is 4. The fourth-order valence-electron chi connectivity index (χ4n) is 2.85. The van der Waals surface area contributed by atoms with Gasteiger partial charge in [0.05, 0.1) is 5.56 Å². The molecule has 0 atom stereocenters. The zero-order valence-electron chi connectivity index (χ0n) is 13.4. The van der Waals surface area contributed by atoms with Crippen molar-refractivity contribution in [1.82, 2.24) is 0 Å². The monoisotopic (exact) mass is 314 g/mol. The summed E-state index contributed by atoms with van der Waals surface area (Å²) in [5.74, 6) is -0.912. The van der Waals surface area contributed by atoms with Gasteiger partial charge in [0.2, 0.25) is 0 Å². The molecule has 0 aliphatic rings. The second-order valence-electron chi connectivity index (χ2n) is 5.64. The van der Waals surface area contributed by atoms with Gasteiger partial charge in [0.1, 0.15) is 0 Å². The number of aromatic carboxylic acids is 1. The molecule has 3 aromatic rings. The van der Waals surface area contributed by atoms with E-state index in [2.05, 4.69) is 0 Å². The summed E-state index contributed by atoms with van der Waals surface area (Å²) >= 11 is 0. The highest BCUT2D eigenvalue weighted by atomic mass is 16.4. The summed E-state index contributed by atoms with van der Waals surface area (Å²) in [5.41, 5.74) is 4.71. The van der Waals surface area contributed by atoms with Crippen LogP contribution < -0.4 is 0 Å². The Labute approximate surface area is 141 Å². The molecule has 0 aromatic heterocycles. The van der Waals surface area contributed by atoms with Crippen LogP contribution in [0.25, 0.3) is 22.8 Å². The van der Waals surface area contributed by atoms with E-state index in [1.165, 1.54) is 0 Å². The van der Waals surface area contributed by atoms with E-state index in [4.69, 9.17) is 0 Å². The molecule has 1 N–H and O–H groups in total. The van der Waals surface area contributed by atoms with E-state index in [0.29, 0.717) is 5.56 Å². The molecular weight excluding hydrogens is 296 g/mol. The molecule has 3 rings (SSSR count). The molecule has 0 saturated heterocycles. The Morgan fingerprint density at radius 3 is 2.08 bits per heavy atom. The zero-order chi connectivity index (χ0) is 16.9. The van der Waals surface area contributed by atoms with Crippen molar-refractivity contribution in [2.45, 2.75) is 6.92 Å². The molecule has 0 heterocycles. The van der Waals surface area contributed by atoms with Crippen molar-refractivity contribution in [2.75, 3.05) is 0 Å². The highest BCUT2D eigenvalue weighted by Gasteiger charge is 2.17. The summed E-state index contributed by atoms with van der Waals surface area (Å²) in [4.78, 5) is 11.9. The molecule has 0 fully saturated rings. The van der Waals surface area contributed by atoms with Crippen molar-refractivity contribution < 1.29 is 9.90 Å². The largest absolute Gasteiger partial charge is 0.478 e. The van der Waals surface area contributed by atoms with Gasteiger partial charge >= 0.3 is 5.97 Å². The lowest BCUT2D eigenvalue weighted by Crippen LogP contribution is -2.04. The smallest absolute Gasteiger partial charge is 0.336 e. The average Bonchev–Trinajstić information content (AvgIpc) is 2.62. The van der Waals surface area contributed by atoms with Crippen molar-refractivity contribution >= 4 is 17.6 Å². The topological polar surface area (TPSA) is 37.3 Å². The Bertz CT molecular complexity index is 878. The standard InChI is InChI=1S/C22H18O2/c1-16(15-17-9-4-2-5-10-17)19-13-8-14-20(21(19)22(23)24)18-11-6-3-7-12-18/h2-15H,1H3,(H,23,24)/b16-15-. The molecule has 0 amide bonds. The Morgan fingerprint density at radius 1 is 0.833 bits per heavy atom. The van der Waals surface area contributed by atoms with E-state index in [0.717, 1.165) is 27.8 Å². The minimum atomic E-state index is -0.912. The molecule has 0 unspecified atom stereocenters. The van der Waals surface area contributed by atoms with Crippen LogP contribution in [-0.4, -0.2) is 11.1 Å². The van der Waals surface area contributed by atoms with Gasteiger partial charge in [0, 0.05) is 0 Å². The first kappa shape index (κ1) is 15.8. The number of allylic oxidation sites excluding steroid dienone is 1. The van der Waals surface area contributed by atoms with Crippen molar-refractivity contribution in [3.05, 3.63) is 95.6 Å². The predicted octanol–water partition coefficient (Wildman–Crippen LogP) is 5.61. The van der Waals surface area contributed by atoms with E-state index < -0.39 is 5.97 Å². The number of carboxylic acids is 1. The van der Waals surface area contributed by atoms with Crippen LogP contribution in [0.5, 0.6) is 0 Å². The Balaban J connectivity index is 2.15. The fraction of sp³-hybridized carbons (Fsp3) is 0.0455. The summed E-state index contributed by atoms with van der Waals surface area (Å²) < 4.78 is 0. The van der Waals surface area contributed by atoms with E-state index in [1.54, 1.807) is 0 Å². The second-order valence-corrected chi connectivity index (χ2v) is 5.64. The highest BCUT2D eigenvalue weighted by Crippen LogP contribution is 2.30. The molecule has 3 aromatic carbocycles. The number of carbonyl (C=O) groups is 1. The first-order chi connectivity index (χ1) is 11.7. The first-order valence-electron chi connectivity index (χ1n) is 7.82. The van der Waals surface area contributed by atoms with Crippen molar-refractivity contribution in [2.24, 2.45) is 0 Å². The highest BCUT2D eigenvalue weighted by molar-refractivity contribution is 6.02. The molecule has 0 radical (unpaired) electrons. The van der Waals surface area contributed by atoms with Gasteiger partial charge < -0.3 is 5.11 Å². The van der Waals surface area contributed by atoms with Crippen LogP contribution in [0.1, 0.15) is 28.4 Å². The van der Waals surface area contributed by atoms with Gasteiger partial charge in [-0.05, 0) is 34.8 Å². The van der Waals surface area contributed by atoms with Gasteiger partial charge in [0.15, 0.2) is 0 Å². The van der Waals surface area contributed by atoms with Gasteiger partial charge in [-0.25, -0.2) is 4.79 Å². The second kappa shape index (κ2) is 6.97. The quantitative estimate of drug-likeness (QED) is 0.635. The van der Waals surface area contributed by atoms with Gasteiger partial charge in [0.25, 0.3) is 0 Å². The molecule has 0 spiro atoms. The molecule has 2 heteroatoms. The summed E-state index contributed by atoms with van der Waals surface area (Å²) in [7, 11) is 0. The Morgan fingerprint density at radius 2 is 1.46 bits per heavy atom. The van der Waals surface area contributed by atoms with E-state index in [9.17, 15) is 9.90 Å². The lowest BCUT2D eigenvalue weighted by Gasteiger charge is -2.12. The van der Waals surface area contributed by atoms with Crippen LogP contribution in [0, 0.1) is 0 Å². The third kappa shape index (κ3) is 3.28. The summed E-state index contributed by atoms with van der Waals surface area (Å²) in [6.07, 6.45) is 2.01. The maximum Gasteiger partial charge on any atom is 0.336 e. The number of hydrogen-bond donors (Lipinski definition) is 1. The zero-order valence-corrected chi connectivity index (χ0v) is 13.4. The third-order valence-electron chi connectivity index (χ3n) is 3.97. The van der Waals surface area contributed by atoms with Gasteiger partial charge in [-0.15, -0.1) is 0 Å². The van der Waals surface area contributed by atoms with Crippen LogP contribution in [0.3, 0.4) is 0 Å². The van der Waals surface area contributed by atoms with E-state index in [1.807, 2.05) is 91.9 Å². The molecule has 0 aliphatic heterocycles. The summed E-state index contributed by atoms with van der Waals surface area (Å²) in [6, 6.07) is 25.2. The van der Waals surface area contributed by atoms with Crippen LogP contribution in [0.2, 0.25) is 0 Å². The first-order valence-corrected chi connectivity index (χ1v) is 7.82. The Kier molecular flexibility index (Phi) is 4.57. The molecule has 0 aliphatic carbocycles. The average molecular weight is 314 g/mol. The van der Waals surface area contributed by atoms with E-state index in [-0.39, 0.29) is 0 Å². The van der Waals surface area contributed by atoms with Gasteiger partial charge in [-0.3, -0.25) is 0 Å². The minimum Gasteiger partial charge on any atom is -0.478 e. The van der Waals surface area contributed by atoms with Crippen molar-refractivity contribution in [1.29, 1.82) is 0 Å². The predicted molar refractivity (Wildman–Crippen MR) is 98.8 cm³/mol. The number of hydrogen-bond acceptors (Lipinski definition) is 1. The van der Waals surface area contributed by atoms with Crippen molar-refractivity contribution in [3.8, 4) is 11.1 Å². The van der Waals surface area contributed by atoms with E-state index >= 15 is 0 Å². The number of carboxylic acid groups (broad SMARTS) is 1. The summed E-state index contributed by atoms with van der Waals surface area (Å²) in [6.45, 7) is 1.95. The molecule has 0 bridgehead atoms. The van der Waals surface area contributed by atoms with Gasteiger partial charge in [-0.1, -0.05) is 84.9 Å². The number of benzene rings is 3. The SMILES string of the molecule is C/C(=C/c1ccccc1)c1cccc(-c2ccccc2)c1C(=O)O. The molecule has 118 valence electrons. The molecular formula is C22H18O2. The van der Waals surface area contributed by atoms with Crippen molar-refractivity contribution in [3.63, 3.8) is 0 Å². The molecule has 2 nitrogen and oxygen atoms in total. The lowest BCUT2D eigenvalue weighted by molar-refractivity contribution is 0.0697. The maximum atomic E-state index is 11.9. The van der Waals surface area contributed by atoms with Crippen LogP contribution in [0.15, 0.2) is 78.9 Å². The summed E-state index contributed by atoms with van der Waals surface area (Å²) in [5, 5.41) is 9.80. The minimum absolute atomic E-state index is 0.341. The lowest BCUT2D eigenvalue weighted by atomic mass is 9.91. The molecule has 0 saturated carbocycles. The normalized spacial score (nSPS) is 11.3. The van der Waals surface area contributed by atoms with Gasteiger partial charge in [-0.2, -0.15) is 0 Å². The van der Waals surface area contributed by atoms with Crippen LogP contribution in [0.4, 0.5) is 0 Å². The van der Waals surface area contributed by atoms with Crippen LogP contribution in [-0.2, 0) is 0 Å². The third-order valence-corrected chi connectivity index (χ3v) is 3.97. The Hall–Kier alpha value is -3.13. The maximum absolute atomic E-state index is 11.9. The van der Waals surface area contributed by atoms with Crippen LogP contribution >= 0.6 is 0 Å².